The van der Waals surface area contributed by atoms with Crippen molar-refractivity contribution in [3.8, 4) is 17.2 Å². The number of likely N-dealkylation sites (tertiary alicyclic amines) is 1. The van der Waals surface area contributed by atoms with Crippen molar-refractivity contribution in [2.24, 2.45) is 0 Å². The molecule has 0 aromatic heterocycles. The molecule has 186 valence electrons. The Morgan fingerprint density at radius 3 is 2.14 bits per heavy atom. The second kappa shape index (κ2) is 10.6. The number of carbonyl (C=O) groups is 2. The molecule has 1 aliphatic rings. The molecule has 0 spiro atoms. The molecule has 4 rings (SSSR count). The Balaban J connectivity index is 1.78. The van der Waals surface area contributed by atoms with Gasteiger partial charge in [-0.25, -0.2) is 0 Å². The molecule has 7 nitrogen and oxygen atoms in total. The first-order chi connectivity index (χ1) is 17.4. The number of Topliss-reactive ketones (excluding diaryl/α,β-unsaturated/α-hetero) is 1. The van der Waals surface area contributed by atoms with Gasteiger partial charge < -0.3 is 24.2 Å². The molecule has 1 aliphatic heterocycles. The lowest BCUT2D eigenvalue weighted by molar-refractivity contribution is -0.139. The van der Waals surface area contributed by atoms with Gasteiger partial charge >= 0.3 is 0 Å². The molecule has 3 aromatic carbocycles. The summed E-state index contributed by atoms with van der Waals surface area (Å²) in [4.78, 5) is 28.1. The van der Waals surface area contributed by atoms with E-state index in [1.165, 1.54) is 4.90 Å². The Labute approximate surface area is 210 Å². The van der Waals surface area contributed by atoms with Crippen molar-refractivity contribution < 1.29 is 28.9 Å². The van der Waals surface area contributed by atoms with Crippen molar-refractivity contribution in [1.29, 1.82) is 0 Å². The van der Waals surface area contributed by atoms with Crippen LogP contribution in [0.1, 0.15) is 28.3 Å². The third-order valence-corrected chi connectivity index (χ3v) is 6.44. The molecule has 1 N–H and O–H groups in total. The zero-order valence-corrected chi connectivity index (χ0v) is 20.8. The zero-order chi connectivity index (χ0) is 25.8. The number of amides is 1. The van der Waals surface area contributed by atoms with Gasteiger partial charge in [-0.05, 0) is 72.5 Å². The molecule has 1 unspecified atom stereocenters. The van der Waals surface area contributed by atoms with Crippen LogP contribution in [-0.4, -0.2) is 49.6 Å². The Morgan fingerprint density at radius 1 is 0.861 bits per heavy atom. The minimum Gasteiger partial charge on any atom is -0.507 e. The highest BCUT2D eigenvalue weighted by Crippen LogP contribution is 2.41. The van der Waals surface area contributed by atoms with Gasteiger partial charge in [0.05, 0.1) is 32.9 Å². The quantitative estimate of drug-likeness (QED) is 0.282. The molecule has 0 radical (unpaired) electrons. The maximum atomic E-state index is 13.3. The number of ketones is 1. The summed E-state index contributed by atoms with van der Waals surface area (Å²) in [6, 6.07) is 19.2. The molecule has 1 fully saturated rings. The number of hydrogen-bond acceptors (Lipinski definition) is 6. The Morgan fingerprint density at radius 2 is 1.50 bits per heavy atom. The van der Waals surface area contributed by atoms with E-state index in [-0.39, 0.29) is 17.9 Å². The topological polar surface area (TPSA) is 85.3 Å². The molecule has 1 heterocycles. The second-order valence-corrected chi connectivity index (χ2v) is 8.55. The molecule has 1 amide bonds. The van der Waals surface area contributed by atoms with E-state index in [4.69, 9.17) is 14.2 Å². The largest absolute Gasteiger partial charge is 0.507 e. The van der Waals surface area contributed by atoms with Gasteiger partial charge in [-0.15, -0.1) is 0 Å². The highest BCUT2D eigenvalue weighted by atomic mass is 16.5. The predicted molar refractivity (Wildman–Crippen MR) is 136 cm³/mol. The van der Waals surface area contributed by atoms with Crippen molar-refractivity contribution >= 4 is 17.4 Å². The molecule has 0 bridgehead atoms. The fourth-order valence-electron chi connectivity index (χ4n) is 4.48. The van der Waals surface area contributed by atoms with E-state index in [0.29, 0.717) is 29.0 Å². The first-order valence-electron chi connectivity index (χ1n) is 11.6. The van der Waals surface area contributed by atoms with Crippen molar-refractivity contribution in [3.63, 3.8) is 0 Å². The van der Waals surface area contributed by atoms with Crippen LogP contribution in [0.4, 0.5) is 0 Å². The molecule has 0 saturated carbocycles. The van der Waals surface area contributed by atoms with E-state index in [1.807, 2.05) is 37.3 Å². The number of aliphatic hydroxyl groups excluding tert-OH is 1. The molecular weight excluding hydrogens is 458 g/mol. The molecular formula is C29H29NO6. The number of ether oxygens (including phenoxy) is 3. The van der Waals surface area contributed by atoms with Gasteiger partial charge in [0, 0.05) is 12.1 Å². The lowest BCUT2D eigenvalue weighted by Gasteiger charge is -2.26. The van der Waals surface area contributed by atoms with Gasteiger partial charge in [0.2, 0.25) is 0 Å². The average molecular weight is 488 g/mol. The highest BCUT2D eigenvalue weighted by molar-refractivity contribution is 6.46. The minimum atomic E-state index is -0.764. The summed E-state index contributed by atoms with van der Waals surface area (Å²) in [6.07, 6.45) is 0.527. The van der Waals surface area contributed by atoms with E-state index in [2.05, 4.69) is 0 Å². The number of hydrogen-bond donors (Lipinski definition) is 1. The summed E-state index contributed by atoms with van der Waals surface area (Å²) >= 11 is 0. The summed E-state index contributed by atoms with van der Waals surface area (Å²) < 4.78 is 15.9. The number of carbonyl (C=O) groups excluding carboxylic acids is 2. The van der Waals surface area contributed by atoms with Gasteiger partial charge in [0.15, 0.2) is 0 Å². The van der Waals surface area contributed by atoms with Gasteiger partial charge in [0.1, 0.15) is 23.0 Å². The van der Waals surface area contributed by atoms with Crippen molar-refractivity contribution in [3.05, 3.63) is 94.6 Å². The smallest absolute Gasteiger partial charge is 0.295 e. The number of aryl methyl sites for hydroxylation is 1. The van der Waals surface area contributed by atoms with Crippen LogP contribution in [0.25, 0.3) is 5.76 Å². The van der Waals surface area contributed by atoms with Crippen LogP contribution in [0.5, 0.6) is 17.2 Å². The number of rotatable bonds is 8. The van der Waals surface area contributed by atoms with Crippen molar-refractivity contribution in [2.45, 2.75) is 19.4 Å². The summed E-state index contributed by atoms with van der Waals surface area (Å²) in [5.41, 5.74) is 2.91. The first-order valence-corrected chi connectivity index (χ1v) is 11.6. The van der Waals surface area contributed by atoms with Crippen LogP contribution in [0.15, 0.2) is 72.3 Å². The maximum absolute atomic E-state index is 13.3. The molecule has 1 saturated heterocycles. The third kappa shape index (κ3) is 4.77. The second-order valence-electron chi connectivity index (χ2n) is 8.55. The van der Waals surface area contributed by atoms with Crippen LogP contribution in [-0.2, 0) is 16.0 Å². The molecule has 3 aromatic rings. The molecule has 36 heavy (non-hydrogen) atoms. The predicted octanol–water partition coefficient (Wildman–Crippen LogP) is 4.69. The lowest BCUT2D eigenvalue weighted by Crippen LogP contribution is -2.31. The minimum absolute atomic E-state index is 0.0521. The van der Waals surface area contributed by atoms with Crippen molar-refractivity contribution in [2.75, 3.05) is 27.9 Å². The number of methoxy groups -OCH3 is 3. The number of benzene rings is 3. The van der Waals surface area contributed by atoms with E-state index < -0.39 is 17.7 Å². The van der Waals surface area contributed by atoms with Gasteiger partial charge in [0.25, 0.3) is 11.7 Å². The maximum Gasteiger partial charge on any atom is 0.295 e. The van der Waals surface area contributed by atoms with Gasteiger partial charge in [-0.1, -0.05) is 24.3 Å². The van der Waals surface area contributed by atoms with Crippen LogP contribution in [0.2, 0.25) is 0 Å². The standard InChI is InChI=1S/C29H29NO6/c1-18-16-23(36-4)12-13-24(18)27(31)25-26(20-6-5-7-22(17-20)35-3)30(29(33)28(25)32)15-14-19-8-10-21(34-2)11-9-19/h5-13,16-17,26,31H,14-15H2,1-4H3/b27-25-. The monoisotopic (exact) mass is 487 g/mol. The Kier molecular flexibility index (Phi) is 7.29. The number of aliphatic hydroxyl groups is 1. The van der Waals surface area contributed by atoms with E-state index >= 15 is 0 Å². The summed E-state index contributed by atoms with van der Waals surface area (Å²) in [7, 11) is 4.72. The molecule has 1 atom stereocenters. The van der Waals surface area contributed by atoms with Crippen LogP contribution >= 0.6 is 0 Å². The zero-order valence-electron chi connectivity index (χ0n) is 20.8. The highest BCUT2D eigenvalue weighted by Gasteiger charge is 2.46. The number of nitrogens with zero attached hydrogens (tertiary/aromatic N) is 1. The van der Waals surface area contributed by atoms with Crippen LogP contribution < -0.4 is 14.2 Å². The van der Waals surface area contributed by atoms with Crippen molar-refractivity contribution in [1.82, 2.24) is 4.90 Å². The summed E-state index contributed by atoms with van der Waals surface area (Å²) in [6.45, 7) is 2.11. The van der Waals surface area contributed by atoms with E-state index in [1.54, 1.807) is 57.7 Å². The normalized spacial score (nSPS) is 16.8. The fraction of sp³-hybridized carbons (Fsp3) is 0.241. The Hall–Kier alpha value is -4.26. The van der Waals surface area contributed by atoms with Gasteiger partial charge in [-0.3, -0.25) is 9.59 Å². The molecule has 0 aliphatic carbocycles. The fourth-order valence-corrected chi connectivity index (χ4v) is 4.48. The summed E-state index contributed by atoms with van der Waals surface area (Å²) in [5, 5.41) is 11.4. The van der Waals surface area contributed by atoms with Crippen LogP contribution in [0, 0.1) is 6.92 Å². The van der Waals surface area contributed by atoms with E-state index in [9.17, 15) is 14.7 Å². The SMILES string of the molecule is COc1ccc(CCN2C(=O)C(=O)/C(=C(\O)c3ccc(OC)cc3C)C2c2cccc(OC)c2)cc1. The lowest BCUT2D eigenvalue weighted by atomic mass is 9.93. The molecule has 7 heteroatoms. The van der Waals surface area contributed by atoms with Gasteiger partial charge in [-0.2, -0.15) is 0 Å². The third-order valence-electron chi connectivity index (χ3n) is 6.44. The van der Waals surface area contributed by atoms with Crippen LogP contribution in [0.3, 0.4) is 0 Å². The Bertz CT molecular complexity index is 1310. The summed E-state index contributed by atoms with van der Waals surface area (Å²) in [5.74, 6) is 0.384. The average Bonchev–Trinajstić information content (AvgIpc) is 3.16. The first kappa shape index (κ1) is 24.9. The van der Waals surface area contributed by atoms with E-state index in [0.717, 1.165) is 16.9 Å².